The van der Waals surface area contributed by atoms with Gasteiger partial charge in [0, 0.05) is 5.69 Å². The lowest BCUT2D eigenvalue weighted by molar-refractivity contribution is -0.119. The summed E-state index contributed by atoms with van der Waals surface area (Å²) in [6.45, 7) is 5.33. The number of hydrogen-bond acceptors (Lipinski definition) is 5. The summed E-state index contributed by atoms with van der Waals surface area (Å²) in [5.74, 6) is -1.38. The number of benzene rings is 2. The van der Waals surface area contributed by atoms with Gasteiger partial charge < -0.3 is 19.9 Å². The van der Waals surface area contributed by atoms with Gasteiger partial charge in [-0.15, -0.1) is 0 Å². The molecular formula is C19H20ClNO5. The molecule has 0 aromatic heterocycles. The number of esters is 1. The predicted molar refractivity (Wildman–Crippen MR) is 99.1 cm³/mol. The Morgan fingerprint density at radius 1 is 1.19 bits per heavy atom. The molecule has 0 aliphatic carbocycles. The van der Waals surface area contributed by atoms with Crippen LogP contribution in [0.5, 0.6) is 11.5 Å². The van der Waals surface area contributed by atoms with E-state index in [4.69, 9.17) is 21.1 Å². The summed E-state index contributed by atoms with van der Waals surface area (Å²) < 4.78 is 10.2. The van der Waals surface area contributed by atoms with Crippen molar-refractivity contribution in [2.24, 2.45) is 0 Å². The van der Waals surface area contributed by atoms with Gasteiger partial charge in [-0.3, -0.25) is 4.79 Å². The lowest BCUT2D eigenvalue weighted by Gasteiger charge is -2.12. The fraction of sp³-hybridized carbons (Fsp3) is 0.263. The van der Waals surface area contributed by atoms with Crippen molar-refractivity contribution in [1.29, 1.82) is 0 Å². The summed E-state index contributed by atoms with van der Waals surface area (Å²) in [5, 5.41) is 12.5. The van der Waals surface area contributed by atoms with Gasteiger partial charge in [0.2, 0.25) is 0 Å². The van der Waals surface area contributed by atoms with E-state index in [-0.39, 0.29) is 22.1 Å². The van der Waals surface area contributed by atoms with Crippen molar-refractivity contribution in [3.05, 3.63) is 52.0 Å². The van der Waals surface area contributed by atoms with E-state index < -0.39 is 18.5 Å². The first kappa shape index (κ1) is 19.6. The molecule has 0 heterocycles. The summed E-state index contributed by atoms with van der Waals surface area (Å²) in [6, 6.07) is 8.22. The van der Waals surface area contributed by atoms with Crippen LogP contribution >= 0.6 is 11.6 Å². The van der Waals surface area contributed by atoms with Crippen LogP contribution < -0.4 is 10.1 Å². The quantitative estimate of drug-likeness (QED) is 0.747. The van der Waals surface area contributed by atoms with Crippen LogP contribution in [0.1, 0.15) is 28.4 Å². The molecule has 2 aromatic carbocycles. The SMILES string of the molecule is CCOc1cc(C(=O)OCC(=O)Nc2c(C)cccc2C)cc(Cl)c1O. The Morgan fingerprint density at radius 2 is 1.85 bits per heavy atom. The molecule has 2 rings (SSSR count). The van der Waals surface area contributed by atoms with E-state index in [9.17, 15) is 14.7 Å². The molecule has 0 atom stereocenters. The topological polar surface area (TPSA) is 84.9 Å². The van der Waals surface area contributed by atoms with Crippen LogP contribution in [0.25, 0.3) is 0 Å². The predicted octanol–water partition coefficient (Wildman–Crippen LogP) is 3.86. The van der Waals surface area contributed by atoms with E-state index in [0.717, 1.165) is 11.1 Å². The third kappa shape index (κ3) is 4.67. The zero-order valence-electron chi connectivity index (χ0n) is 14.8. The first-order chi connectivity index (χ1) is 12.3. The Balaban J connectivity index is 2.03. The molecule has 1 amide bonds. The number of amides is 1. The first-order valence-corrected chi connectivity index (χ1v) is 8.39. The second kappa shape index (κ2) is 8.58. The summed E-state index contributed by atoms with van der Waals surface area (Å²) in [7, 11) is 0. The highest BCUT2D eigenvalue weighted by atomic mass is 35.5. The maximum Gasteiger partial charge on any atom is 0.338 e. The highest BCUT2D eigenvalue weighted by Gasteiger charge is 2.17. The number of rotatable bonds is 6. The second-order valence-corrected chi connectivity index (χ2v) is 6.04. The molecule has 0 saturated heterocycles. The van der Waals surface area contributed by atoms with Crippen molar-refractivity contribution in [2.45, 2.75) is 20.8 Å². The molecule has 0 fully saturated rings. The van der Waals surface area contributed by atoms with Crippen LogP contribution in [-0.2, 0) is 9.53 Å². The smallest absolute Gasteiger partial charge is 0.338 e. The fourth-order valence-electron chi connectivity index (χ4n) is 2.36. The number of hydrogen-bond donors (Lipinski definition) is 2. The Morgan fingerprint density at radius 3 is 2.46 bits per heavy atom. The number of aromatic hydroxyl groups is 1. The van der Waals surface area contributed by atoms with Gasteiger partial charge in [-0.2, -0.15) is 0 Å². The van der Waals surface area contributed by atoms with E-state index in [2.05, 4.69) is 5.32 Å². The van der Waals surface area contributed by atoms with Crippen LogP contribution in [0.2, 0.25) is 5.02 Å². The van der Waals surface area contributed by atoms with Crippen molar-refractivity contribution in [3.8, 4) is 11.5 Å². The van der Waals surface area contributed by atoms with E-state index in [1.165, 1.54) is 12.1 Å². The minimum atomic E-state index is -0.746. The Bertz CT molecular complexity index is 815. The molecule has 26 heavy (non-hydrogen) atoms. The lowest BCUT2D eigenvalue weighted by atomic mass is 10.1. The average Bonchev–Trinajstić information content (AvgIpc) is 2.60. The van der Waals surface area contributed by atoms with Crippen LogP contribution in [-0.4, -0.2) is 30.2 Å². The Labute approximate surface area is 156 Å². The lowest BCUT2D eigenvalue weighted by Crippen LogP contribution is -2.21. The minimum absolute atomic E-state index is 0.0390. The number of carbonyl (C=O) groups excluding carboxylic acids is 2. The molecule has 0 aliphatic rings. The third-order valence-electron chi connectivity index (χ3n) is 3.64. The Hall–Kier alpha value is -2.73. The number of para-hydroxylation sites is 1. The monoisotopic (exact) mass is 377 g/mol. The fourth-order valence-corrected chi connectivity index (χ4v) is 2.57. The average molecular weight is 378 g/mol. The molecule has 6 nitrogen and oxygen atoms in total. The van der Waals surface area contributed by atoms with Crippen molar-refractivity contribution in [1.82, 2.24) is 0 Å². The van der Waals surface area contributed by atoms with Crippen LogP contribution in [0.15, 0.2) is 30.3 Å². The number of halogens is 1. The zero-order valence-corrected chi connectivity index (χ0v) is 15.5. The third-order valence-corrected chi connectivity index (χ3v) is 3.93. The van der Waals surface area contributed by atoms with Gasteiger partial charge in [0.1, 0.15) is 0 Å². The Kier molecular flexibility index (Phi) is 6.46. The van der Waals surface area contributed by atoms with Gasteiger partial charge in [0.15, 0.2) is 18.1 Å². The summed E-state index contributed by atoms with van der Waals surface area (Å²) >= 11 is 5.89. The molecule has 138 valence electrons. The van der Waals surface area contributed by atoms with Crippen LogP contribution in [0, 0.1) is 13.8 Å². The molecule has 0 saturated carbocycles. The number of ether oxygens (including phenoxy) is 2. The molecule has 2 aromatic rings. The molecule has 7 heteroatoms. The van der Waals surface area contributed by atoms with Gasteiger partial charge in [-0.25, -0.2) is 4.79 Å². The molecule has 2 N–H and O–H groups in total. The summed E-state index contributed by atoms with van der Waals surface area (Å²) in [6.07, 6.45) is 0. The normalized spacial score (nSPS) is 10.3. The molecular weight excluding hydrogens is 358 g/mol. The number of nitrogens with one attached hydrogen (secondary N) is 1. The van der Waals surface area contributed by atoms with Crippen molar-refractivity contribution < 1.29 is 24.2 Å². The molecule has 0 spiro atoms. The van der Waals surface area contributed by atoms with Gasteiger partial charge in [0.05, 0.1) is 17.2 Å². The van der Waals surface area contributed by atoms with E-state index in [0.29, 0.717) is 12.3 Å². The van der Waals surface area contributed by atoms with Crippen molar-refractivity contribution in [2.75, 3.05) is 18.5 Å². The number of aryl methyl sites for hydroxylation is 2. The highest BCUT2D eigenvalue weighted by molar-refractivity contribution is 6.32. The second-order valence-electron chi connectivity index (χ2n) is 5.63. The molecule has 0 unspecified atom stereocenters. The number of phenols is 1. The van der Waals surface area contributed by atoms with Gasteiger partial charge in [0.25, 0.3) is 5.91 Å². The molecule has 0 aliphatic heterocycles. The van der Waals surface area contributed by atoms with Gasteiger partial charge >= 0.3 is 5.97 Å². The standard InChI is InChI=1S/C19H20ClNO5/c1-4-25-15-9-13(8-14(20)18(15)23)19(24)26-10-16(22)21-17-11(2)6-5-7-12(17)3/h5-9,23H,4,10H2,1-3H3,(H,21,22). The maximum atomic E-state index is 12.2. The summed E-state index contributed by atoms with van der Waals surface area (Å²) in [5.41, 5.74) is 2.60. The van der Waals surface area contributed by atoms with Crippen molar-refractivity contribution >= 4 is 29.2 Å². The number of anilines is 1. The minimum Gasteiger partial charge on any atom is -0.503 e. The number of carbonyl (C=O) groups is 2. The van der Waals surface area contributed by atoms with Crippen LogP contribution in [0.3, 0.4) is 0 Å². The summed E-state index contributed by atoms with van der Waals surface area (Å²) in [4.78, 5) is 24.2. The van der Waals surface area contributed by atoms with E-state index in [1.807, 2.05) is 32.0 Å². The highest BCUT2D eigenvalue weighted by Crippen LogP contribution is 2.35. The maximum absolute atomic E-state index is 12.2. The van der Waals surface area contributed by atoms with Crippen LogP contribution in [0.4, 0.5) is 5.69 Å². The van der Waals surface area contributed by atoms with Gasteiger partial charge in [-0.05, 0) is 44.0 Å². The van der Waals surface area contributed by atoms with Gasteiger partial charge in [-0.1, -0.05) is 29.8 Å². The van der Waals surface area contributed by atoms with E-state index >= 15 is 0 Å². The van der Waals surface area contributed by atoms with E-state index in [1.54, 1.807) is 6.92 Å². The number of phenolic OH excluding ortho intramolecular Hbond substituents is 1. The first-order valence-electron chi connectivity index (χ1n) is 8.02. The zero-order chi connectivity index (χ0) is 19.3. The molecule has 0 bridgehead atoms. The van der Waals surface area contributed by atoms with Crippen molar-refractivity contribution in [3.63, 3.8) is 0 Å². The largest absolute Gasteiger partial charge is 0.503 e. The molecule has 0 radical (unpaired) electrons.